The molecule has 1 heterocycles. The molecule has 1 aliphatic heterocycles. The van der Waals surface area contributed by atoms with Crippen LogP contribution in [-0.2, 0) is 19.0 Å². The van der Waals surface area contributed by atoms with Gasteiger partial charge in [-0.1, -0.05) is 6.58 Å². The summed E-state index contributed by atoms with van der Waals surface area (Å²) in [5.41, 5.74) is -5.42. The van der Waals surface area contributed by atoms with E-state index in [2.05, 4.69) is 10.8 Å². The molecule has 0 aromatic rings. The fourth-order valence-electron chi connectivity index (χ4n) is 1.28. The number of hydrogen-bond donors (Lipinski definition) is 0. The van der Waals surface area contributed by atoms with Crippen molar-refractivity contribution in [1.82, 2.24) is 0 Å². The van der Waals surface area contributed by atoms with Gasteiger partial charge in [-0.15, -0.1) is 0 Å². The maximum Gasteiger partial charge on any atom is 0.534 e. The normalized spacial score (nSPS) is 19.4. The molecule has 0 atom stereocenters. The topological polar surface area (TPSA) is 52.6 Å². The van der Waals surface area contributed by atoms with Gasteiger partial charge in [0.25, 0.3) is 0 Å². The number of hydrogen-bond acceptors (Lipinski definition) is 4. The fraction of sp³-hybridized carbons (Fsp3) is 0.750. The molecule has 0 N–H and O–H groups in total. The second-order valence-electron chi connectivity index (χ2n) is 3.34. The zero-order valence-corrected chi connectivity index (χ0v) is 9.10. The van der Waals surface area contributed by atoms with Gasteiger partial charge in [0.15, 0.2) is 0 Å². The van der Waals surface area contributed by atoms with E-state index < -0.39 is 21.5 Å². The molecule has 0 radical (unpaired) electrons. The molecule has 94 valence electrons. The summed E-state index contributed by atoms with van der Waals surface area (Å²) < 4.78 is 66.2. The standard InChI is InChI=1S/C8H11F3O4S/c1-6(7-2-4-14-5-3-7)15-16(12,13)8(9,10)11/h7H,1-5H2. The van der Waals surface area contributed by atoms with E-state index in [1.54, 1.807) is 0 Å². The van der Waals surface area contributed by atoms with Gasteiger partial charge in [0.1, 0.15) is 5.76 Å². The van der Waals surface area contributed by atoms with E-state index in [0.29, 0.717) is 26.1 Å². The lowest BCUT2D eigenvalue weighted by atomic mass is 9.99. The molecule has 16 heavy (non-hydrogen) atoms. The summed E-state index contributed by atoms with van der Waals surface area (Å²) in [6, 6.07) is 0. The molecule has 0 unspecified atom stereocenters. The van der Waals surface area contributed by atoms with Gasteiger partial charge >= 0.3 is 15.6 Å². The van der Waals surface area contributed by atoms with Gasteiger partial charge in [-0.05, 0) is 12.8 Å². The van der Waals surface area contributed by atoms with Crippen LogP contribution in [0.15, 0.2) is 12.3 Å². The third-order valence-corrected chi connectivity index (χ3v) is 3.18. The van der Waals surface area contributed by atoms with Crippen LogP contribution in [0.2, 0.25) is 0 Å². The molecule has 0 amide bonds. The van der Waals surface area contributed by atoms with Crippen LogP contribution >= 0.6 is 0 Å². The first-order valence-corrected chi connectivity index (χ1v) is 5.92. The zero-order chi connectivity index (χ0) is 12.4. The molecular formula is C8H11F3O4S. The Kier molecular flexibility index (Phi) is 3.84. The van der Waals surface area contributed by atoms with Crippen molar-refractivity contribution >= 4 is 10.1 Å². The number of rotatable bonds is 3. The van der Waals surface area contributed by atoms with Gasteiger partial charge in [0.05, 0.1) is 0 Å². The Morgan fingerprint density at radius 3 is 2.25 bits per heavy atom. The Morgan fingerprint density at radius 1 is 1.31 bits per heavy atom. The van der Waals surface area contributed by atoms with Crippen molar-refractivity contribution in [3.63, 3.8) is 0 Å². The molecule has 0 aliphatic carbocycles. The van der Waals surface area contributed by atoms with Gasteiger partial charge in [-0.3, -0.25) is 0 Å². The molecule has 0 aromatic carbocycles. The molecule has 0 bridgehead atoms. The van der Waals surface area contributed by atoms with Gasteiger partial charge in [0.2, 0.25) is 0 Å². The van der Waals surface area contributed by atoms with Crippen molar-refractivity contribution in [2.45, 2.75) is 18.3 Å². The monoisotopic (exact) mass is 260 g/mol. The number of halogens is 3. The van der Waals surface area contributed by atoms with Crippen LogP contribution in [0.5, 0.6) is 0 Å². The highest BCUT2D eigenvalue weighted by Crippen LogP contribution is 2.30. The summed E-state index contributed by atoms with van der Waals surface area (Å²) in [6.45, 7) is 3.94. The summed E-state index contributed by atoms with van der Waals surface area (Å²) >= 11 is 0. The van der Waals surface area contributed by atoms with Crippen LogP contribution in [0.3, 0.4) is 0 Å². The highest BCUT2D eigenvalue weighted by Gasteiger charge is 2.49. The van der Waals surface area contributed by atoms with Crippen LogP contribution in [0, 0.1) is 5.92 Å². The Balaban J connectivity index is 2.64. The highest BCUT2D eigenvalue weighted by molar-refractivity contribution is 7.87. The molecule has 8 heteroatoms. The molecule has 0 saturated carbocycles. The lowest BCUT2D eigenvalue weighted by molar-refractivity contribution is -0.0531. The maximum absolute atomic E-state index is 12.0. The quantitative estimate of drug-likeness (QED) is 0.441. The summed E-state index contributed by atoms with van der Waals surface area (Å²) in [6.07, 6.45) is 0.818. The molecule has 0 spiro atoms. The summed E-state index contributed by atoms with van der Waals surface area (Å²) in [4.78, 5) is 0. The second kappa shape index (κ2) is 4.62. The summed E-state index contributed by atoms with van der Waals surface area (Å²) in [5.74, 6) is -0.786. The predicted octanol–water partition coefficient (Wildman–Crippen LogP) is 1.79. The minimum absolute atomic E-state index is 0.360. The fourth-order valence-corrected chi connectivity index (χ4v) is 1.79. The predicted molar refractivity (Wildman–Crippen MR) is 48.7 cm³/mol. The van der Waals surface area contributed by atoms with E-state index in [1.165, 1.54) is 0 Å². The van der Waals surface area contributed by atoms with Gasteiger partial charge in [0, 0.05) is 19.1 Å². The third kappa shape index (κ3) is 3.11. The Labute approximate surface area is 91.2 Å². The van der Waals surface area contributed by atoms with Crippen LogP contribution in [0.25, 0.3) is 0 Å². The molecule has 4 nitrogen and oxygen atoms in total. The average molecular weight is 260 g/mol. The number of ether oxygens (including phenoxy) is 1. The van der Waals surface area contributed by atoms with Gasteiger partial charge in [-0.25, -0.2) is 0 Å². The lowest BCUT2D eigenvalue weighted by Gasteiger charge is -2.23. The van der Waals surface area contributed by atoms with Crippen molar-refractivity contribution in [1.29, 1.82) is 0 Å². The molecule has 1 rings (SSSR count). The minimum atomic E-state index is -5.59. The summed E-state index contributed by atoms with van der Waals surface area (Å²) in [5, 5.41) is 0. The van der Waals surface area contributed by atoms with Crippen LogP contribution < -0.4 is 0 Å². The third-order valence-electron chi connectivity index (χ3n) is 2.18. The van der Waals surface area contributed by atoms with Crippen molar-refractivity contribution in [3.05, 3.63) is 12.3 Å². The van der Waals surface area contributed by atoms with E-state index in [0.717, 1.165) is 0 Å². The van der Waals surface area contributed by atoms with Gasteiger partial charge in [-0.2, -0.15) is 21.6 Å². The highest BCUT2D eigenvalue weighted by atomic mass is 32.2. The largest absolute Gasteiger partial charge is 0.534 e. The van der Waals surface area contributed by atoms with E-state index >= 15 is 0 Å². The Bertz CT molecular complexity index is 354. The Hall–Kier alpha value is -0.760. The Morgan fingerprint density at radius 2 is 1.81 bits per heavy atom. The molecule has 1 fully saturated rings. The smallest absolute Gasteiger partial charge is 0.381 e. The molecule has 1 aliphatic rings. The zero-order valence-electron chi connectivity index (χ0n) is 8.29. The van der Waals surface area contributed by atoms with Crippen molar-refractivity contribution in [2.24, 2.45) is 5.92 Å². The van der Waals surface area contributed by atoms with Crippen molar-refractivity contribution in [2.75, 3.05) is 13.2 Å². The van der Waals surface area contributed by atoms with Crippen molar-refractivity contribution in [3.8, 4) is 0 Å². The van der Waals surface area contributed by atoms with E-state index in [4.69, 9.17) is 4.74 Å². The second-order valence-corrected chi connectivity index (χ2v) is 4.87. The molecule has 1 saturated heterocycles. The van der Waals surface area contributed by atoms with Crippen LogP contribution in [0.4, 0.5) is 13.2 Å². The average Bonchev–Trinajstić information content (AvgIpc) is 2.16. The minimum Gasteiger partial charge on any atom is -0.381 e. The molecular weight excluding hydrogens is 249 g/mol. The van der Waals surface area contributed by atoms with Crippen LogP contribution in [0.1, 0.15) is 12.8 Å². The van der Waals surface area contributed by atoms with E-state index in [1.807, 2.05) is 0 Å². The van der Waals surface area contributed by atoms with Crippen molar-refractivity contribution < 1.29 is 30.5 Å². The van der Waals surface area contributed by atoms with Gasteiger partial charge < -0.3 is 8.92 Å². The molecule has 0 aromatic heterocycles. The number of alkyl halides is 3. The summed E-state index contributed by atoms with van der Waals surface area (Å²) in [7, 11) is -5.59. The number of allylic oxidation sites excluding steroid dienone is 1. The van der Waals surface area contributed by atoms with Crippen LogP contribution in [-0.4, -0.2) is 27.1 Å². The first kappa shape index (κ1) is 13.3. The first-order valence-electron chi connectivity index (χ1n) is 4.51. The SMILES string of the molecule is C=C(OS(=O)(=O)C(F)(F)F)C1CCOCC1. The lowest BCUT2D eigenvalue weighted by Crippen LogP contribution is -2.28. The maximum atomic E-state index is 12.0. The van der Waals surface area contributed by atoms with E-state index in [-0.39, 0.29) is 5.76 Å². The van der Waals surface area contributed by atoms with E-state index in [9.17, 15) is 21.6 Å². The first-order chi connectivity index (χ1) is 7.24.